The minimum atomic E-state index is -0.587. The van der Waals surface area contributed by atoms with Crippen molar-refractivity contribution in [1.82, 2.24) is 4.90 Å². The Labute approximate surface area is 147 Å². The molecule has 0 aliphatic carbocycles. The number of hydrogen-bond acceptors (Lipinski definition) is 5. The Morgan fingerprint density at radius 3 is 2.88 bits per heavy atom. The van der Waals surface area contributed by atoms with Crippen molar-refractivity contribution in [2.24, 2.45) is 5.73 Å². The third-order valence-corrected chi connectivity index (χ3v) is 3.99. The molecule has 1 aliphatic heterocycles. The second-order valence-electron chi connectivity index (χ2n) is 5.67. The molecule has 1 aliphatic rings. The van der Waals surface area contributed by atoms with Crippen LogP contribution in [0.25, 0.3) is 0 Å². The van der Waals surface area contributed by atoms with Gasteiger partial charge in [0.1, 0.15) is 12.6 Å². The molecule has 0 fully saturated rings. The van der Waals surface area contributed by atoms with Crippen molar-refractivity contribution in [2.75, 3.05) is 19.8 Å². The summed E-state index contributed by atoms with van der Waals surface area (Å²) in [4.78, 5) is 35.9. The van der Waals surface area contributed by atoms with E-state index in [-0.39, 0.29) is 12.3 Å². The van der Waals surface area contributed by atoms with Gasteiger partial charge in [0.15, 0.2) is 0 Å². The number of carbonyl (C=O) groups excluding carboxylic acids is 3. The number of fused-ring (bicyclic) bond motifs is 1. The highest BCUT2D eigenvalue weighted by atomic mass is 16.5. The van der Waals surface area contributed by atoms with Gasteiger partial charge in [-0.3, -0.25) is 4.79 Å². The van der Waals surface area contributed by atoms with Gasteiger partial charge in [-0.05, 0) is 24.1 Å². The Morgan fingerprint density at radius 2 is 2.16 bits per heavy atom. The van der Waals surface area contributed by atoms with Crippen LogP contribution in [0.5, 0.6) is 0 Å². The van der Waals surface area contributed by atoms with Gasteiger partial charge >= 0.3 is 0 Å². The van der Waals surface area contributed by atoms with Crippen molar-refractivity contribution in [3.05, 3.63) is 34.9 Å². The highest BCUT2D eigenvalue weighted by molar-refractivity contribution is 6.00. The minimum Gasteiger partial charge on any atom is -0.379 e. The first-order valence-corrected chi connectivity index (χ1v) is 8.31. The second-order valence-corrected chi connectivity index (χ2v) is 5.67. The zero-order valence-electron chi connectivity index (χ0n) is 14.1. The minimum absolute atomic E-state index is 0.187. The number of aldehydes is 2. The fourth-order valence-corrected chi connectivity index (χ4v) is 2.74. The lowest BCUT2D eigenvalue weighted by molar-refractivity contribution is -0.112. The van der Waals surface area contributed by atoms with Crippen molar-refractivity contribution in [3.8, 4) is 11.8 Å². The van der Waals surface area contributed by atoms with E-state index in [1.54, 1.807) is 12.1 Å². The summed E-state index contributed by atoms with van der Waals surface area (Å²) in [6.07, 6.45) is 2.66. The highest BCUT2D eigenvalue weighted by Crippen LogP contribution is 2.28. The predicted octanol–water partition coefficient (Wildman–Crippen LogP) is 0.906. The van der Waals surface area contributed by atoms with Gasteiger partial charge in [0.05, 0.1) is 19.3 Å². The Morgan fingerprint density at radius 1 is 1.32 bits per heavy atom. The van der Waals surface area contributed by atoms with E-state index < -0.39 is 6.04 Å². The normalized spacial score (nSPS) is 13.8. The van der Waals surface area contributed by atoms with Gasteiger partial charge < -0.3 is 25.0 Å². The lowest BCUT2D eigenvalue weighted by Crippen LogP contribution is -2.36. The molecule has 1 aromatic rings. The van der Waals surface area contributed by atoms with Crippen LogP contribution >= 0.6 is 0 Å². The molecule has 0 aromatic heterocycles. The van der Waals surface area contributed by atoms with E-state index >= 15 is 0 Å². The third kappa shape index (κ3) is 4.75. The van der Waals surface area contributed by atoms with Crippen molar-refractivity contribution >= 4 is 18.5 Å². The number of hydrogen-bond donors (Lipinski definition) is 1. The van der Waals surface area contributed by atoms with E-state index in [0.29, 0.717) is 44.7 Å². The van der Waals surface area contributed by atoms with Gasteiger partial charge in [-0.2, -0.15) is 0 Å². The van der Waals surface area contributed by atoms with Crippen LogP contribution < -0.4 is 5.73 Å². The van der Waals surface area contributed by atoms with Crippen LogP contribution in [-0.4, -0.2) is 49.2 Å². The molecule has 6 heteroatoms. The molecule has 132 valence electrons. The van der Waals surface area contributed by atoms with Crippen molar-refractivity contribution in [1.29, 1.82) is 0 Å². The van der Waals surface area contributed by atoms with E-state index in [1.165, 1.54) is 4.90 Å². The van der Waals surface area contributed by atoms with E-state index in [2.05, 4.69) is 11.8 Å². The lowest BCUT2D eigenvalue weighted by Gasteiger charge is -2.22. The molecular formula is C19H22N2O4. The SMILES string of the molecule is NCCOCCC#Cc1cccc2c1CN(C(C=O)CCC=O)C2=O. The smallest absolute Gasteiger partial charge is 0.255 e. The monoisotopic (exact) mass is 342 g/mol. The Kier molecular flexibility index (Phi) is 7.33. The van der Waals surface area contributed by atoms with E-state index in [1.807, 2.05) is 6.07 Å². The van der Waals surface area contributed by atoms with Gasteiger partial charge in [0.2, 0.25) is 0 Å². The van der Waals surface area contributed by atoms with Crippen LogP contribution in [0.1, 0.15) is 40.7 Å². The third-order valence-electron chi connectivity index (χ3n) is 3.99. The van der Waals surface area contributed by atoms with Gasteiger partial charge in [-0.1, -0.05) is 17.9 Å². The first kappa shape index (κ1) is 18.8. The van der Waals surface area contributed by atoms with Crippen LogP contribution in [-0.2, 0) is 20.9 Å². The molecular weight excluding hydrogens is 320 g/mol. The van der Waals surface area contributed by atoms with E-state index in [9.17, 15) is 14.4 Å². The lowest BCUT2D eigenvalue weighted by atomic mass is 10.0. The molecule has 2 rings (SSSR count). The van der Waals surface area contributed by atoms with Crippen LogP contribution in [0.2, 0.25) is 0 Å². The van der Waals surface area contributed by atoms with Gasteiger partial charge in [0.25, 0.3) is 5.91 Å². The number of rotatable bonds is 9. The predicted molar refractivity (Wildman–Crippen MR) is 92.8 cm³/mol. The molecule has 0 bridgehead atoms. The average Bonchev–Trinajstić information content (AvgIpc) is 2.96. The van der Waals surface area contributed by atoms with Crippen LogP contribution in [0.4, 0.5) is 0 Å². The quantitative estimate of drug-likeness (QED) is 0.409. The first-order chi connectivity index (χ1) is 12.2. The first-order valence-electron chi connectivity index (χ1n) is 8.31. The molecule has 0 spiro atoms. The van der Waals surface area contributed by atoms with Gasteiger partial charge in [-0.15, -0.1) is 0 Å². The summed E-state index contributed by atoms with van der Waals surface area (Å²) in [5, 5.41) is 0. The Bertz CT molecular complexity index is 690. The molecule has 6 nitrogen and oxygen atoms in total. The standard InChI is InChI=1S/C19H22N2O4/c20-9-12-25-11-2-1-5-15-6-3-8-17-18(15)13-21(19(17)24)16(14-23)7-4-10-22/h3,6,8,10,14,16H,2,4,7,9,11-13,20H2. The number of amides is 1. The molecule has 1 amide bonds. The zero-order chi connectivity index (χ0) is 18.1. The summed E-state index contributed by atoms with van der Waals surface area (Å²) in [6, 6.07) is 4.81. The fourth-order valence-electron chi connectivity index (χ4n) is 2.74. The highest BCUT2D eigenvalue weighted by Gasteiger charge is 2.33. The fraction of sp³-hybridized carbons (Fsp3) is 0.421. The van der Waals surface area contributed by atoms with Crippen LogP contribution in [0.15, 0.2) is 18.2 Å². The average molecular weight is 342 g/mol. The van der Waals surface area contributed by atoms with Gasteiger partial charge in [0, 0.05) is 37.1 Å². The number of nitrogens with zero attached hydrogens (tertiary/aromatic N) is 1. The molecule has 1 aromatic carbocycles. The summed E-state index contributed by atoms with van der Waals surface area (Å²) >= 11 is 0. The molecule has 0 saturated heterocycles. The Hall–Kier alpha value is -2.49. The van der Waals surface area contributed by atoms with Crippen LogP contribution in [0, 0.1) is 11.8 Å². The zero-order valence-corrected chi connectivity index (χ0v) is 14.1. The number of carbonyl (C=O) groups is 3. The molecule has 2 N–H and O–H groups in total. The molecule has 1 heterocycles. The van der Waals surface area contributed by atoms with Crippen molar-refractivity contribution in [2.45, 2.75) is 31.8 Å². The van der Waals surface area contributed by atoms with Crippen LogP contribution in [0.3, 0.4) is 0 Å². The van der Waals surface area contributed by atoms with Gasteiger partial charge in [-0.25, -0.2) is 0 Å². The molecule has 0 radical (unpaired) electrons. The largest absolute Gasteiger partial charge is 0.379 e. The molecule has 0 saturated carbocycles. The van der Waals surface area contributed by atoms with E-state index in [0.717, 1.165) is 23.7 Å². The summed E-state index contributed by atoms with van der Waals surface area (Å²) in [6.45, 7) is 1.85. The summed E-state index contributed by atoms with van der Waals surface area (Å²) in [5.74, 6) is 5.93. The Balaban J connectivity index is 2.10. The maximum atomic E-state index is 12.6. The summed E-state index contributed by atoms with van der Waals surface area (Å²) in [5.41, 5.74) is 7.54. The molecule has 1 unspecified atom stereocenters. The number of nitrogens with two attached hydrogens (primary N) is 1. The van der Waals surface area contributed by atoms with Crippen molar-refractivity contribution < 1.29 is 19.1 Å². The molecule has 1 atom stereocenters. The summed E-state index contributed by atoms with van der Waals surface area (Å²) < 4.78 is 5.27. The summed E-state index contributed by atoms with van der Waals surface area (Å²) in [7, 11) is 0. The number of benzene rings is 1. The van der Waals surface area contributed by atoms with Crippen molar-refractivity contribution in [3.63, 3.8) is 0 Å². The topological polar surface area (TPSA) is 89.7 Å². The second kappa shape index (κ2) is 9.72. The maximum Gasteiger partial charge on any atom is 0.255 e. The maximum absolute atomic E-state index is 12.6. The molecule has 25 heavy (non-hydrogen) atoms. The number of ether oxygens (including phenoxy) is 1. The van der Waals surface area contributed by atoms with E-state index in [4.69, 9.17) is 10.5 Å².